The van der Waals surface area contributed by atoms with Crippen molar-refractivity contribution in [3.05, 3.63) is 89.6 Å². The van der Waals surface area contributed by atoms with Crippen molar-refractivity contribution in [3.8, 4) is 17.2 Å². The van der Waals surface area contributed by atoms with E-state index in [0.717, 1.165) is 41.7 Å². The van der Waals surface area contributed by atoms with Crippen molar-refractivity contribution in [3.63, 3.8) is 0 Å². The molecule has 1 aromatic heterocycles. The van der Waals surface area contributed by atoms with Crippen LogP contribution in [0, 0.1) is 11.3 Å². The molecule has 1 aliphatic rings. The van der Waals surface area contributed by atoms with Crippen LogP contribution in [0.3, 0.4) is 0 Å². The molecule has 0 atom stereocenters. The summed E-state index contributed by atoms with van der Waals surface area (Å²) in [4.78, 5) is 17.2. The number of carbonyl (C=O) groups is 1. The van der Waals surface area contributed by atoms with Crippen molar-refractivity contribution in [1.29, 1.82) is 5.26 Å². The summed E-state index contributed by atoms with van der Waals surface area (Å²) in [5.41, 5.74) is 5.30. The molecule has 3 aromatic carbocycles. The molecule has 0 spiro atoms. The van der Waals surface area contributed by atoms with E-state index in [0.29, 0.717) is 24.3 Å². The van der Waals surface area contributed by atoms with Gasteiger partial charge in [-0.3, -0.25) is 14.8 Å². The molecular formula is C26H23N5O. The number of carbonyl (C=O) groups excluding carboxylic acids is 1. The number of rotatable bonds is 4. The number of hydrogen-bond acceptors (Lipinski definition) is 4. The Morgan fingerprint density at radius 2 is 1.66 bits per heavy atom. The van der Waals surface area contributed by atoms with Crippen LogP contribution in [0.5, 0.6) is 0 Å². The minimum atomic E-state index is -0.0115. The first-order chi connectivity index (χ1) is 15.7. The number of para-hydroxylation sites is 1. The molecular weight excluding hydrogens is 398 g/mol. The van der Waals surface area contributed by atoms with Gasteiger partial charge in [-0.25, -0.2) is 0 Å². The van der Waals surface area contributed by atoms with Gasteiger partial charge in [-0.15, -0.1) is 0 Å². The highest BCUT2D eigenvalue weighted by molar-refractivity contribution is 6.04. The van der Waals surface area contributed by atoms with E-state index in [-0.39, 0.29) is 5.91 Å². The third kappa shape index (κ3) is 3.86. The first kappa shape index (κ1) is 20.0. The maximum Gasteiger partial charge on any atom is 0.275 e. The average Bonchev–Trinajstić information content (AvgIpc) is 3.29. The molecule has 2 heterocycles. The van der Waals surface area contributed by atoms with Gasteiger partial charge in [0, 0.05) is 38.1 Å². The Hall–Kier alpha value is -3.95. The van der Waals surface area contributed by atoms with Gasteiger partial charge >= 0.3 is 0 Å². The summed E-state index contributed by atoms with van der Waals surface area (Å²) in [7, 11) is 0. The second-order valence-corrected chi connectivity index (χ2v) is 8.04. The Bertz CT molecular complexity index is 1290. The van der Waals surface area contributed by atoms with Crippen LogP contribution in [-0.2, 0) is 6.54 Å². The first-order valence-electron chi connectivity index (χ1n) is 10.8. The molecule has 0 unspecified atom stereocenters. The lowest BCUT2D eigenvalue weighted by atomic mass is 9.99. The van der Waals surface area contributed by atoms with Crippen molar-refractivity contribution in [1.82, 2.24) is 20.0 Å². The molecule has 6 heteroatoms. The third-order valence-electron chi connectivity index (χ3n) is 6.05. The number of benzene rings is 3. The lowest BCUT2D eigenvalue weighted by Gasteiger charge is -2.34. The molecule has 1 fully saturated rings. The fraction of sp³-hybridized carbons (Fsp3) is 0.192. The molecule has 1 amide bonds. The summed E-state index contributed by atoms with van der Waals surface area (Å²) in [6.45, 7) is 3.87. The summed E-state index contributed by atoms with van der Waals surface area (Å²) in [6, 6.07) is 26.0. The zero-order valence-electron chi connectivity index (χ0n) is 17.7. The van der Waals surface area contributed by atoms with Crippen LogP contribution < -0.4 is 0 Å². The number of nitrogens with zero attached hydrogens (tertiary/aromatic N) is 4. The molecule has 0 saturated carbocycles. The van der Waals surface area contributed by atoms with Crippen LogP contribution >= 0.6 is 0 Å². The van der Waals surface area contributed by atoms with Gasteiger partial charge in [0.25, 0.3) is 5.91 Å². The summed E-state index contributed by atoms with van der Waals surface area (Å²) in [5, 5.41) is 17.4. The van der Waals surface area contributed by atoms with Gasteiger partial charge in [-0.1, -0.05) is 60.7 Å². The predicted molar refractivity (Wildman–Crippen MR) is 124 cm³/mol. The lowest BCUT2D eigenvalue weighted by Crippen LogP contribution is -2.48. The van der Waals surface area contributed by atoms with Crippen molar-refractivity contribution < 1.29 is 4.79 Å². The molecule has 0 bridgehead atoms. The standard InChI is InChI=1S/C26H23N5O/c27-17-21-5-1-2-6-22(21)20-11-9-19(10-12-20)18-30-13-15-31(16-14-30)26(32)25-23-7-3-4-8-24(23)28-29-25/h1-12H,13-16,18H2,(H,28,29). The van der Waals surface area contributed by atoms with E-state index in [2.05, 4.69) is 45.4 Å². The Kier molecular flexibility index (Phi) is 5.40. The highest BCUT2D eigenvalue weighted by Crippen LogP contribution is 2.24. The number of piperazine rings is 1. The van der Waals surface area contributed by atoms with Crippen LogP contribution in [0.25, 0.3) is 22.0 Å². The summed E-state index contributed by atoms with van der Waals surface area (Å²) in [6.07, 6.45) is 0. The van der Waals surface area contributed by atoms with Crippen molar-refractivity contribution >= 4 is 16.8 Å². The number of nitriles is 1. The number of aromatic nitrogens is 2. The molecule has 1 aliphatic heterocycles. The van der Waals surface area contributed by atoms with E-state index in [1.807, 2.05) is 53.4 Å². The largest absolute Gasteiger partial charge is 0.335 e. The fourth-order valence-corrected chi connectivity index (χ4v) is 4.27. The van der Waals surface area contributed by atoms with E-state index in [1.54, 1.807) is 0 Å². The van der Waals surface area contributed by atoms with Crippen LogP contribution in [0.4, 0.5) is 0 Å². The lowest BCUT2D eigenvalue weighted by molar-refractivity contribution is 0.0624. The Labute approximate surface area is 186 Å². The maximum absolute atomic E-state index is 13.0. The van der Waals surface area contributed by atoms with Crippen LogP contribution in [0.15, 0.2) is 72.8 Å². The Balaban J connectivity index is 1.21. The van der Waals surface area contributed by atoms with Crippen LogP contribution in [-0.4, -0.2) is 52.1 Å². The molecule has 6 nitrogen and oxygen atoms in total. The molecule has 0 radical (unpaired) electrons. The van der Waals surface area contributed by atoms with Gasteiger partial charge in [-0.2, -0.15) is 10.4 Å². The number of nitrogens with one attached hydrogen (secondary N) is 1. The number of H-pyrrole nitrogens is 1. The zero-order valence-corrected chi connectivity index (χ0v) is 17.7. The van der Waals surface area contributed by atoms with Gasteiger partial charge in [0.05, 0.1) is 17.1 Å². The van der Waals surface area contributed by atoms with Gasteiger partial charge in [0.1, 0.15) is 0 Å². The molecule has 4 aromatic rings. The monoisotopic (exact) mass is 421 g/mol. The van der Waals surface area contributed by atoms with E-state index in [4.69, 9.17) is 0 Å². The Morgan fingerprint density at radius 3 is 2.44 bits per heavy atom. The summed E-state index contributed by atoms with van der Waals surface area (Å²) >= 11 is 0. The number of hydrogen-bond donors (Lipinski definition) is 1. The quantitative estimate of drug-likeness (QED) is 0.539. The summed E-state index contributed by atoms with van der Waals surface area (Å²) in [5.74, 6) is -0.0115. The van der Waals surface area contributed by atoms with Crippen molar-refractivity contribution in [2.24, 2.45) is 0 Å². The smallest absolute Gasteiger partial charge is 0.275 e. The van der Waals surface area contributed by atoms with Gasteiger partial charge < -0.3 is 4.90 Å². The molecule has 32 heavy (non-hydrogen) atoms. The van der Waals surface area contributed by atoms with E-state index >= 15 is 0 Å². The Morgan fingerprint density at radius 1 is 0.938 bits per heavy atom. The van der Waals surface area contributed by atoms with Gasteiger partial charge in [0.2, 0.25) is 0 Å². The minimum absolute atomic E-state index is 0.0115. The first-order valence-corrected chi connectivity index (χ1v) is 10.8. The molecule has 5 rings (SSSR count). The number of fused-ring (bicyclic) bond motifs is 1. The number of amides is 1. The molecule has 1 saturated heterocycles. The van der Waals surface area contributed by atoms with E-state index < -0.39 is 0 Å². The van der Waals surface area contributed by atoms with Crippen molar-refractivity contribution in [2.75, 3.05) is 26.2 Å². The highest BCUT2D eigenvalue weighted by atomic mass is 16.2. The summed E-state index contributed by atoms with van der Waals surface area (Å²) < 4.78 is 0. The molecule has 158 valence electrons. The minimum Gasteiger partial charge on any atom is -0.335 e. The second kappa shape index (κ2) is 8.66. The third-order valence-corrected chi connectivity index (χ3v) is 6.05. The second-order valence-electron chi connectivity index (χ2n) is 8.04. The highest BCUT2D eigenvalue weighted by Gasteiger charge is 2.25. The topological polar surface area (TPSA) is 76.0 Å². The molecule has 0 aliphatic carbocycles. The number of aromatic amines is 1. The zero-order chi connectivity index (χ0) is 21.9. The average molecular weight is 422 g/mol. The van der Waals surface area contributed by atoms with Gasteiger partial charge in [0.15, 0.2) is 5.69 Å². The van der Waals surface area contributed by atoms with Crippen LogP contribution in [0.1, 0.15) is 21.6 Å². The SMILES string of the molecule is N#Cc1ccccc1-c1ccc(CN2CCN(C(=O)c3n[nH]c4ccccc34)CC2)cc1. The van der Waals surface area contributed by atoms with E-state index in [1.165, 1.54) is 5.56 Å². The maximum atomic E-state index is 13.0. The normalized spacial score (nSPS) is 14.4. The van der Waals surface area contributed by atoms with Gasteiger partial charge in [-0.05, 0) is 28.8 Å². The predicted octanol–water partition coefficient (Wildman–Crippen LogP) is 4.06. The van der Waals surface area contributed by atoms with E-state index in [9.17, 15) is 10.1 Å². The molecule has 1 N–H and O–H groups in total. The van der Waals surface area contributed by atoms with Crippen molar-refractivity contribution in [2.45, 2.75) is 6.54 Å². The van der Waals surface area contributed by atoms with Crippen LogP contribution in [0.2, 0.25) is 0 Å². The fourth-order valence-electron chi connectivity index (χ4n) is 4.27.